The van der Waals surface area contributed by atoms with Crippen LogP contribution in [0.4, 0.5) is 11.8 Å². The number of fused-ring (bicyclic) bond motifs is 1. The molecule has 0 saturated heterocycles. The molecule has 14 nitrogen and oxygen atoms in total. The molecule has 0 aliphatic rings. The molecule has 2 heterocycles. The number of nitrogens with two attached hydrogens (primary N) is 1. The summed E-state index contributed by atoms with van der Waals surface area (Å²) in [6.07, 6.45) is -1.10. The zero-order valence-electron chi connectivity index (χ0n) is 24.0. The van der Waals surface area contributed by atoms with Crippen molar-refractivity contribution in [2.75, 3.05) is 31.8 Å². The molecule has 0 aliphatic carbocycles. The Morgan fingerprint density at radius 3 is 2.46 bits per heavy atom. The van der Waals surface area contributed by atoms with Crippen molar-refractivity contribution in [1.29, 1.82) is 0 Å². The van der Waals surface area contributed by atoms with E-state index in [9.17, 15) is 14.5 Å². The second-order valence-corrected chi connectivity index (χ2v) is 12.1. The summed E-state index contributed by atoms with van der Waals surface area (Å²) >= 11 is 5.97. The first-order valence-corrected chi connectivity index (χ1v) is 14.7. The van der Waals surface area contributed by atoms with Crippen molar-refractivity contribution in [1.82, 2.24) is 24.6 Å². The van der Waals surface area contributed by atoms with Gasteiger partial charge in [0.1, 0.15) is 23.5 Å². The van der Waals surface area contributed by atoms with E-state index in [2.05, 4.69) is 25.4 Å². The van der Waals surface area contributed by atoms with E-state index in [-0.39, 0.29) is 18.3 Å². The van der Waals surface area contributed by atoms with Gasteiger partial charge in [-0.15, -0.1) is 0 Å². The van der Waals surface area contributed by atoms with Gasteiger partial charge in [-0.25, -0.2) is 9.55 Å². The van der Waals surface area contributed by atoms with Crippen LogP contribution >= 0.6 is 19.3 Å². The highest BCUT2D eigenvalue weighted by Gasteiger charge is 2.42. The number of imidazole rings is 1. The van der Waals surface area contributed by atoms with E-state index >= 15 is 0 Å². The maximum atomic E-state index is 14.0. The number of rotatable bonds is 14. The molecule has 2 unspecified atom stereocenters. The third kappa shape index (κ3) is 8.06. The molecule has 0 fully saturated rings. The quantitative estimate of drug-likeness (QED) is 0.153. The summed E-state index contributed by atoms with van der Waals surface area (Å²) in [5, 5.41) is 17.3. The van der Waals surface area contributed by atoms with Crippen LogP contribution in [0.2, 0.25) is 5.02 Å². The molecule has 5 N–H and O–H groups in total. The Bertz CT molecular complexity index is 1390. The van der Waals surface area contributed by atoms with Crippen LogP contribution in [-0.2, 0) is 23.4 Å². The Morgan fingerprint density at radius 1 is 1.22 bits per heavy atom. The van der Waals surface area contributed by atoms with E-state index in [0.717, 1.165) is 0 Å². The van der Waals surface area contributed by atoms with Gasteiger partial charge in [-0.2, -0.15) is 15.1 Å². The number of esters is 1. The molecule has 0 spiro atoms. The van der Waals surface area contributed by atoms with E-state index < -0.39 is 43.6 Å². The number of aliphatic hydroxyl groups excluding tert-OH is 1. The number of carbonyl (C=O) groups excluding carboxylic acids is 1. The standard InChI is InChI=1S/C25H37ClN7O7P/c1-14(2)39-23(35)25(4,5)32-41(36,40-17-10-8-16(26)9-11-17)38-12-18(37-7)20(34)15(3)33-13-29-19-21(28-6)30-24(27)31-22(19)33/h8-11,13-15,18,20,34H,12H2,1-7H3,(H,32,36)(H3,27,28,30,31)/t15-,18?,20-,41?/m0/s1. The Morgan fingerprint density at radius 2 is 1.88 bits per heavy atom. The molecule has 0 bridgehead atoms. The molecule has 2 aromatic heterocycles. The highest BCUT2D eigenvalue weighted by atomic mass is 35.5. The van der Waals surface area contributed by atoms with Crippen molar-refractivity contribution in [3.05, 3.63) is 35.6 Å². The molecule has 3 rings (SSSR count). The van der Waals surface area contributed by atoms with Crippen LogP contribution in [0.25, 0.3) is 11.2 Å². The Kier molecular flexibility index (Phi) is 10.6. The number of aliphatic hydroxyl groups is 1. The van der Waals surface area contributed by atoms with E-state index in [1.807, 2.05) is 0 Å². The first kappa shape index (κ1) is 32.5. The molecule has 0 radical (unpaired) electrons. The molecule has 0 saturated carbocycles. The van der Waals surface area contributed by atoms with Crippen LogP contribution in [0.1, 0.15) is 40.7 Å². The van der Waals surface area contributed by atoms with Crippen LogP contribution in [0.5, 0.6) is 5.75 Å². The highest BCUT2D eigenvalue weighted by Crippen LogP contribution is 2.47. The number of nitrogens with one attached hydrogen (secondary N) is 2. The maximum absolute atomic E-state index is 14.0. The number of anilines is 2. The van der Waals surface area contributed by atoms with E-state index in [1.54, 1.807) is 44.5 Å². The molecule has 0 amide bonds. The Labute approximate surface area is 243 Å². The fourth-order valence-electron chi connectivity index (χ4n) is 3.82. The summed E-state index contributed by atoms with van der Waals surface area (Å²) in [5.74, 6) is -0.0303. The number of nitrogens with zero attached hydrogens (tertiary/aromatic N) is 4. The zero-order valence-corrected chi connectivity index (χ0v) is 25.6. The van der Waals surface area contributed by atoms with Crippen molar-refractivity contribution >= 4 is 48.2 Å². The van der Waals surface area contributed by atoms with Gasteiger partial charge in [0.15, 0.2) is 17.0 Å². The third-order valence-corrected chi connectivity index (χ3v) is 8.03. The number of hydrogen-bond donors (Lipinski definition) is 4. The fraction of sp³-hybridized carbons (Fsp3) is 0.520. The van der Waals surface area contributed by atoms with Crippen LogP contribution < -0.4 is 20.7 Å². The fourth-order valence-corrected chi connectivity index (χ4v) is 5.63. The minimum Gasteiger partial charge on any atom is -0.462 e. The van der Waals surface area contributed by atoms with Gasteiger partial charge in [-0.05, 0) is 58.9 Å². The van der Waals surface area contributed by atoms with Gasteiger partial charge in [0, 0.05) is 19.2 Å². The monoisotopic (exact) mass is 613 g/mol. The molecule has 41 heavy (non-hydrogen) atoms. The summed E-state index contributed by atoms with van der Waals surface area (Å²) < 4.78 is 37.9. The topological polar surface area (TPSA) is 185 Å². The van der Waals surface area contributed by atoms with Gasteiger partial charge < -0.3 is 34.7 Å². The van der Waals surface area contributed by atoms with Crippen molar-refractivity contribution in [3.63, 3.8) is 0 Å². The van der Waals surface area contributed by atoms with Crippen molar-refractivity contribution in [2.24, 2.45) is 0 Å². The van der Waals surface area contributed by atoms with Gasteiger partial charge in [0.25, 0.3) is 0 Å². The number of aromatic nitrogens is 4. The SMILES string of the molecule is CNc1nc(N)nc2c1ncn2[C@@H](C)[C@H](O)C(COP(=O)(NC(C)(C)C(=O)OC(C)C)Oc1ccc(Cl)cc1)OC. The molecular formula is C25H37ClN7O7P. The normalized spacial score (nSPS) is 15.8. The summed E-state index contributed by atoms with van der Waals surface area (Å²) in [6, 6.07) is 5.46. The number of hydrogen-bond acceptors (Lipinski definition) is 12. The van der Waals surface area contributed by atoms with Crippen LogP contribution in [-0.4, -0.2) is 75.2 Å². The van der Waals surface area contributed by atoms with Crippen LogP contribution in [0, 0.1) is 0 Å². The second kappa shape index (κ2) is 13.3. The van der Waals surface area contributed by atoms with Gasteiger partial charge in [-0.1, -0.05) is 11.6 Å². The first-order valence-electron chi connectivity index (χ1n) is 12.8. The van der Waals surface area contributed by atoms with Crippen molar-refractivity contribution < 1.29 is 33.0 Å². The smallest absolute Gasteiger partial charge is 0.459 e. The largest absolute Gasteiger partial charge is 0.462 e. The lowest BCUT2D eigenvalue weighted by molar-refractivity contribution is -0.153. The number of nitrogen functional groups attached to an aromatic ring is 1. The number of methoxy groups -OCH3 is 1. The Balaban J connectivity index is 1.85. The molecule has 4 atom stereocenters. The van der Waals surface area contributed by atoms with Gasteiger partial charge in [0.05, 0.1) is 25.1 Å². The number of benzene rings is 1. The number of carbonyl (C=O) groups is 1. The van der Waals surface area contributed by atoms with E-state index in [0.29, 0.717) is 22.0 Å². The lowest BCUT2D eigenvalue weighted by atomic mass is 10.1. The first-order chi connectivity index (χ1) is 19.2. The molecule has 3 aromatic rings. The summed E-state index contributed by atoms with van der Waals surface area (Å²) in [4.78, 5) is 25.4. The predicted molar refractivity (Wildman–Crippen MR) is 155 cm³/mol. The molecule has 0 aliphatic heterocycles. The van der Waals surface area contributed by atoms with Gasteiger partial charge >= 0.3 is 13.7 Å². The minimum absolute atomic E-state index is 0.0295. The molecule has 1 aromatic carbocycles. The summed E-state index contributed by atoms with van der Waals surface area (Å²) in [5.41, 5.74) is 5.24. The van der Waals surface area contributed by atoms with Gasteiger partial charge in [-0.3, -0.25) is 9.32 Å². The average Bonchev–Trinajstić information content (AvgIpc) is 3.32. The maximum Gasteiger partial charge on any atom is 0.459 e. The third-order valence-electron chi connectivity index (χ3n) is 6.01. The summed E-state index contributed by atoms with van der Waals surface area (Å²) in [6.45, 7) is 7.71. The zero-order chi connectivity index (χ0) is 30.5. The number of ether oxygens (including phenoxy) is 2. The van der Waals surface area contributed by atoms with E-state index in [4.69, 9.17) is 35.9 Å². The number of halogens is 1. The molecule has 226 valence electrons. The minimum atomic E-state index is -4.28. The molecular weight excluding hydrogens is 577 g/mol. The summed E-state index contributed by atoms with van der Waals surface area (Å²) in [7, 11) is -1.23. The van der Waals surface area contributed by atoms with Crippen molar-refractivity contribution in [3.8, 4) is 5.75 Å². The molecule has 16 heteroatoms. The lowest BCUT2D eigenvalue weighted by Gasteiger charge is -2.32. The van der Waals surface area contributed by atoms with E-state index in [1.165, 1.54) is 39.4 Å². The van der Waals surface area contributed by atoms with Gasteiger partial charge in [0.2, 0.25) is 5.95 Å². The Hall–Kier alpha value is -3.00. The van der Waals surface area contributed by atoms with Crippen LogP contribution in [0.3, 0.4) is 0 Å². The highest BCUT2D eigenvalue weighted by molar-refractivity contribution is 7.52. The van der Waals surface area contributed by atoms with Crippen LogP contribution in [0.15, 0.2) is 30.6 Å². The predicted octanol–water partition coefficient (Wildman–Crippen LogP) is 3.56. The average molecular weight is 614 g/mol. The lowest BCUT2D eigenvalue weighted by Crippen LogP contribution is -2.48. The van der Waals surface area contributed by atoms with Crippen molar-refractivity contribution in [2.45, 2.75) is 64.5 Å². The second-order valence-electron chi connectivity index (χ2n) is 10.0.